The van der Waals surface area contributed by atoms with Crippen LogP contribution in [0.15, 0.2) is 48.8 Å². The Morgan fingerprint density at radius 1 is 1.14 bits per heavy atom. The largest absolute Gasteiger partial charge is 0.488 e. The molecule has 0 bridgehead atoms. The summed E-state index contributed by atoms with van der Waals surface area (Å²) in [5.41, 5.74) is 12.7. The molecule has 0 aliphatic rings. The van der Waals surface area contributed by atoms with Crippen LogP contribution >= 0.6 is 11.6 Å². The lowest BCUT2D eigenvalue weighted by atomic mass is 10.1. The Labute approximate surface area is 260 Å². The van der Waals surface area contributed by atoms with E-state index < -0.39 is 11.9 Å². The molecule has 0 spiro atoms. The Balaban J connectivity index is 0.000000676. The van der Waals surface area contributed by atoms with Crippen LogP contribution in [0.25, 0.3) is 5.69 Å². The number of aryl methyl sites for hydroxylation is 1. The number of nitrogens with zero attached hydrogens (tertiary/aromatic N) is 4. The van der Waals surface area contributed by atoms with Crippen LogP contribution in [-0.4, -0.2) is 43.8 Å². The number of rotatable bonds is 11. The summed E-state index contributed by atoms with van der Waals surface area (Å²) >= 11 is 6.50. The first-order chi connectivity index (χ1) is 21.0. The number of hydrogen-bond acceptors (Lipinski definition) is 9. The van der Waals surface area contributed by atoms with Crippen LogP contribution in [0.3, 0.4) is 0 Å². The number of aliphatic hydroxyl groups excluding tert-OH is 1. The minimum Gasteiger partial charge on any atom is -0.488 e. The number of hydrogen-bond donors (Lipinski definition) is 3. The van der Waals surface area contributed by atoms with Gasteiger partial charge < -0.3 is 25.4 Å². The lowest BCUT2D eigenvalue weighted by Gasteiger charge is -2.16. The van der Waals surface area contributed by atoms with E-state index in [1.165, 1.54) is 13.1 Å². The summed E-state index contributed by atoms with van der Waals surface area (Å²) in [5, 5.41) is 30.2. The highest BCUT2D eigenvalue weighted by molar-refractivity contribution is 6.32. The zero-order chi connectivity index (χ0) is 32.4. The van der Waals surface area contributed by atoms with Gasteiger partial charge in [-0.15, -0.1) is 0 Å². The van der Waals surface area contributed by atoms with E-state index in [9.17, 15) is 9.59 Å². The summed E-state index contributed by atoms with van der Waals surface area (Å²) in [6, 6.07) is 13.1. The Morgan fingerprint density at radius 2 is 1.86 bits per heavy atom. The van der Waals surface area contributed by atoms with Gasteiger partial charge in [-0.1, -0.05) is 23.7 Å². The number of halogens is 1. The van der Waals surface area contributed by atoms with Gasteiger partial charge in [0.1, 0.15) is 30.8 Å². The highest BCUT2D eigenvalue weighted by atomic mass is 35.5. The van der Waals surface area contributed by atoms with Gasteiger partial charge in [0.25, 0.3) is 0 Å². The quantitative estimate of drug-likeness (QED) is 0.197. The van der Waals surface area contributed by atoms with Crippen molar-refractivity contribution < 1.29 is 29.3 Å². The zero-order valence-corrected chi connectivity index (χ0v) is 25.6. The molecule has 0 fully saturated rings. The molecule has 2 aromatic heterocycles. The third-order valence-electron chi connectivity index (χ3n) is 6.84. The van der Waals surface area contributed by atoms with E-state index >= 15 is 0 Å². The molecule has 0 saturated carbocycles. The van der Waals surface area contributed by atoms with E-state index in [1.54, 1.807) is 29.1 Å². The fourth-order valence-electron chi connectivity index (χ4n) is 4.12. The Kier molecular flexibility index (Phi) is 12.0. The zero-order valence-electron chi connectivity index (χ0n) is 24.9. The van der Waals surface area contributed by atoms with Crippen LogP contribution in [0.2, 0.25) is 5.02 Å². The molecule has 2 aromatic carbocycles. The van der Waals surface area contributed by atoms with E-state index in [-0.39, 0.29) is 26.4 Å². The van der Waals surface area contributed by atoms with Crippen molar-refractivity contribution in [2.45, 2.75) is 47.5 Å². The summed E-state index contributed by atoms with van der Waals surface area (Å²) in [5.74, 6) is -0.585. The number of benzene rings is 2. The van der Waals surface area contributed by atoms with Crippen LogP contribution in [0.5, 0.6) is 11.5 Å². The predicted molar refractivity (Wildman–Crippen MR) is 164 cm³/mol. The maximum Gasteiger partial charge on any atom is 0.308 e. The number of carbonyl (C=O) groups is 2. The fourth-order valence-corrected chi connectivity index (χ4v) is 4.36. The first kappa shape index (κ1) is 33.7. The molecular formula is C32H34ClN5O6. The Bertz CT molecular complexity index is 1680. The molecule has 4 rings (SSSR count). The van der Waals surface area contributed by atoms with E-state index in [0.29, 0.717) is 33.3 Å². The topological polar surface area (TPSA) is 174 Å². The lowest BCUT2D eigenvalue weighted by molar-refractivity contribution is -0.142. The van der Waals surface area contributed by atoms with Gasteiger partial charge in [-0.05, 0) is 57.0 Å². The molecule has 1 atom stereocenters. The van der Waals surface area contributed by atoms with Crippen molar-refractivity contribution in [3.05, 3.63) is 98.6 Å². The normalized spacial score (nSPS) is 11.1. The van der Waals surface area contributed by atoms with Crippen LogP contribution in [-0.2, 0) is 24.6 Å². The van der Waals surface area contributed by atoms with Gasteiger partial charge in [-0.3, -0.25) is 14.6 Å². The molecule has 4 aromatic rings. The van der Waals surface area contributed by atoms with Crippen LogP contribution < -0.4 is 15.2 Å². The van der Waals surface area contributed by atoms with Gasteiger partial charge in [0.15, 0.2) is 6.29 Å². The molecular weight excluding hydrogens is 586 g/mol. The van der Waals surface area contributed by atoms with Gasteiger partial charge in [0.2, 0.25) is 0 Å². The molecule has 12 heteroatoms. The summed E-state index contributed by atoms with van der Waals surface area (Å²) in [7, 11) is 0. The number of carboxylic acids is 1. The molecule has 0 saturated heterocycles. The van der Waals surface area contributed by atoms with Gasteiger partial charge >= 0.3 is 5.97 Å². The van der Waals surface area contributed by atoms with Gasteiger partial charge in [0, 0.05) is 36.1 Å². The monoisotopic (exact) mass is 619 g/mol. The maximum absolute atomic E-state index is 11.4. The van der Waals surface area contributed by atoms with Crippen molar-refractivity contribution in [2.75, 3.05) is 6.61 Å². The maximum atomic E-state index is 11.4. The van der Waals surface area contributed by atoms with Gasteiger partial charge in [-0.25, -0.2) is 4.68 Å². The van der Waals surface area contributed by atoms with E-state index in [1.807, 2.05) is 39.0 Å². The number of aldehydes is 1. The van der Waals surface area contributed by atoms with Crippen molar-refractivity contribution >= 4 is 23.9 Å². The molecule has 4 N–H and O–H groups in total. The number of nitrogens with two attached hydrogens (primary N) is 1. The Morgan fingerprint density at radius 3 is 2.45 bits per heavy atom. The first-order valence-electron chi connectivity index (χ1n) is 13.6. The second kappa shape index (κ2) is 15.6. The average Bonchev–Trinajstić information content (AvgIpc) is 3.32. The average molecular weight is 620 g/mol. The number of nitriles is 1. The summed E-state index contributed by atoms with van der Waals surface area (Å²) < 4.78 is 13.9. The van der Waals surface area contributed by atoms with E-state index in [0.717, 1.165) is 39.9 Å². The lowest BCUT2D eigenvalue weighted by Crippen LogP contribution is -2.12. The number of aliphatic carboxylic acids is 1. The van der Waals surface area contributed by atoms with Crippen LogP contribution in [0.4, 0.5) is 0 Å². The number of ether oxygens (including phenoxy) is 2. The summed E-state index contributed by atoms with van der Waals surface area (Å²) in [4.78, 5) is 25.3. The second-order valence-electron chi connectivity index (χ2n) is 9.96. The number of carboxylic acid groups (broad SMARTS) is 1. The van der Waals surface area contributed by atoms with Crippen LogP contribution in [0, 0.1) is 38.0 Å². The van der Waals surface area contributed by atoms with Gasteiger partial charge in [-0.2, -0.15) is 10.4 Å². The minimum atomic E-state index is -0.956. The molecule has 2 heterocycles. The summed E-state index contributed by atoms with van der Waals surface area (Å²) in [6.45, 7) is 7.55. The molecule has 0 amide bonds. The van der Waals surface area contributed by atoms with Crippen molar-refractivity contribution in [1.82, 2.24) is 14.8 Å². The van der Waals surface area contributed by atoms with E-state index in [2.05, 4.69) is 16.2 Å². The van der Waals surface area contributed by atoms with Crippen LogP contribution in [0.1, 0.15) is 56.5 Å². The molecule has 44 heavy (non-hydrogen) atoms. The summed E-state index contributed by atoms with van der Waals surface area (Å²) in [6.07, 6.45) is 3.98. The number of aliphatic hydroxyl groups is 1. The molecule has 0 aliphatic carbocycles. The fraction of sp³-hybridized carbons (Fsp3) is 0.281. The molecule has 11 nitrogen and oxygen atoms in total. The van der Waals surface area contributed by atoms with Crippen molar-refractivity contribution in [1.29, 1.82) is 5.26 Å². The number of aromatic nitrogens is 3. The standard InChI is InChI=1S/C28H26ClN5O3.C4H8O3/c1-17-22(5-4-6-26(17)34-19(3)24(14-35)18(2)33-34)16-37-28-9-27(23(11-31)8-25(28)29)36-15-21-7-20(10-30)12-32-13-21;1-3(2-5)4(6)7/h4-9,12-14H,11,15-16,31H2,1-3H3;3,5H,2H2,1H3,(H,6,7). The molecule has 0 radical (unpaired) electrons. The van der Waals surface area contributed by atoms with Gasteiger partial charge in [0.05, 0.1) is 45.7 Å². The molecule has 230 valence electrons. The predicted octanol–water partition coefficient (Wildman–Crippen LogP) is 4.85. The van der Waals surface area contributed by atoms with E-state index in [4.69, 9.17) is 42.3 Å². The Hall–Kier alpha value is -4.76. The number of pyridine rings is 1. The van der Waals surface area contributed by atoms with Crippen molar-refractivity contribution in [3.63, 3.8) is 0 Å². The minimum absolute atomic E-state index is 0.211. The third kappa shape index (κ3) is 8.20. The van der Waals surface area contributed by atoms with Crippen molar-refractivity contribution in [2.24, 2.45) is 11.7 Å². The SMILES string of the molecule is CC(CO)C(=O)O.Cc1nn(-c2cccc(COc3cc(OCc4cncc(C#N)c4)c(CN)cc3Cl)c2C)c(C)c1C=O. The first-order valence-corrected chi connectivity index (χ1v) is 14.0. The molecule has 0 aliphatic heterocycles. The second-order valence-corrected chi connectivity index (χ2v) is 10.4. The van der Waals surface area contributed by atoms with Crippen molar-refractivity contribution in [3.8, 4) is 23.3 Å². The smallest absolute Gasteiger partial charge is 0.308 e. The third-order valence-corrected chi connectivity index (χ3v) is 7.14. The highest BCUT2D eigenvalue weighted by Crippen LogP contribution is 2.34. The molecule has 1 unspecified atom stereocenters. The number of carbonyl (C=O) groups excluding carboxylic acids is 1. The highest BCUT2D eigenvalue weighted by Gasteiger charge is 2.16.